The third-order valence-electron chi connectivity index (χ3n) is 2.47. The number of phenols is 1. The lowest BCUT2D eigenvalue weighted by molar-refractivity contribution is -0.142. The van der Waals surface area contributed by atoms with Crippen molar-refractivity contribution >= 4 is 5.97 Å². The number of carbonyl (C=O) groups is 1. The Morgan fingerprint density at radius 3 is 2.68 bits per heavy atom. The van der Waals surface area contributed by atoms with Crippen molar-refractivity contribution in [3.05, 3.63) is 42.2 Å². The fourth-order valence-electron chi connectivity index (χ4n) is 1.60. The molecule has 98 valence electrons. The maximum atomic E-state index is 11.4. The minimum Gasteiger partial charge on any atom is -0.508 e. The van der Waals surface area contributed by atoms with Crippen LogP contribution in [-0.4, -0.2) is 27.7 Å². The van der Waals surface area contributed by atoms with Crippen molar-refractivity contribution in [2.24, 2.45) is 0 Å². The van der Waals surface area contributed by atoms with Gasteiger partial charge in [0.05, 0.1) is 18.7 Å². The van der Waals surface area contributed by atoms with E-state index < -0.39 is 0 Å². The van der Waals surface area contributed by atoms with E-state index in [-0.39, 0.29) is 18.1 Å². The minimum atomic E-state index is -0.308. The van der Waals surface area contributed by atoms with Crippen molar-refractivity contribution in [2.45, 2.75) is 13.3 Å². The van der Waals surface area contributed by atoms with E-state index in [1.54, 1.807) is 43.5 Å². The van der Waals surface area contributed by atoms with Gasteiger partial charge < -0.3 is 9.84 Å². The van der Waals surface area contributed by atoms with Gasteiger partial charge in [0.1, 0.15) is 5.75 Å². The topological polar surface area (TPSA) is 72.3 Å². The second kappa shape index (κ2) is 5.95. The number of aromatic hydroxyl groups is 1. The van der Waals surface area contributed by atoms with E-state index in [1.807, 2.05) is 0 Å². The molecule has 2 aromatic rings. The van der Waals surface area contributed by atoms with Gasteiger partial charge in [-0.1, -0.05) is 0 Å². The highest BCUT2D eigenvalue weighted by molar-refractivity contribution is 5.72. The third kappa shape index (κ3) is 3.51. The van der Waals surface area contributed by atoms with Crippen LogP contribution in [0.3, 0.4) is 0 Å². The zero-order valence-corrected chi connectivity index (χ0v) is 10.5. The predicted molar refractivity (Wildman–Crippen MR) is 69.5 cm³/mol. The van der Waals surface area contributed by atoms with Crippen molar-refractivity contribution in [3.8, 4) is 17.1 Å². The summed E-state index contributed by atoms with van der Waals surface area (Å²) in [6.07, 6.45) is 1.73. The second-order valence-electron chi connectivity index (χ2n) is 3.90. The smallest absolute Gasteiger partial charge is 0.311 e. The van der Waals surface area contributed by atoms with Crippen molar-refractivity contribution in [2.75, 3.05) is 6.61 Å². The van der Waals surface area contributed by atoms with Crippen LogP contribution in [0.15, 0.2) is 36.5 Å². The lowest BCUT2D eigenvalue weighted by Gasteiger charge is -2.04. The molecule has 19 heavy (non-hydrogen) atoms. The molecule has 0 atom stereocenters. The molecule has 1 heterocycles. The lowest BCUT2D eigenvalue weighted by atomic mass is 10.2. The largest absolute Gasteiger partial charge is 0.508 e. The molecule has 0 saturated heterocycles. The first-order chi connectivity index (χ1) is 9.19. The molecule has 5 nitrogen and oxygen atoms in total. The summed E-state index contributed by atoms with van der Waals surface area (Å²) in [5.74, 6) is 0.395. The fraction of sp³-hybridized carbons (Fsp3) is 0.214. The summed E-state index contributed by atoms with van der Waals surface area (Å²) < 4.78 is 4.87. The first-order valence-electron chi connectivity index (χ1n) is 5.96. The Hall–Kier alpha value is -2.43. The first kappa shape index (κ1) is 13.0. The second-order valence-corrected chi connectivity index (χ2v) is 3.90. The predicted octanol–water partition coefficient (Wildman–Crippen LogP) is 1.95. The molecule has 1 aromatic heterocycles. The molecule has 0 spiro atoms. The molecule has 0 aliphatic heterocycles. The molecule has 0 fully saturated rings. The Labute approximate surface area is 110 Å². The molecule has 1 aromatic carbocycles. The Morgan fingerprint density at radius 2 is 2.00 bits per heavy atom. The van der Waals surface area contributed by atoms with Gasteiger partial charge in [0.15, 0.2) is 5.82 Å². The lowest BCUT2D eigenvalue weighted by Crippen LogP contribution is -2.09. The SMILES string of the molecule is CCOC(=O)Cc1ccnc(-c2ccc(O)cc2)n1. The maximum Gasteiger partial charge on any atom is 0.311 e. The summed E-state index contributed by atoms with van der Waals surface area (Å²) in [4.78, 5) is 19.8. The van der Waals surface area contributed by atoms with Crippen LogP contribution in [0.5, 0.6) is 5.75 Å². The van der Waals surface area contributed by atoms with Gasteiger partial charge in [-0.05, 0) is 37.3 Å². The highest BCUT2D eigenvalue weighted by Gasteiger charge is 2.07. The third-order valence-corrected chi connectivity index (χ3v) is 2.47. The normalized spacial score (nSPS) is 10.2. The van der Waals surface area contributed by atoms with Gasteiger partial charge >= 0.3 is 5.97 Å². The van der Waals surface area contributed by atoms with Gasteiger partial charge in [0.2, 0.25) is 0 Å². The number of benzene rings is 1. The quantitative estimate of drug-likeness (QED) is 0.849. The number of hydrogen-bond acceptors (Lipinski definition) is 5. The highest BCUT2D eigenvalue weighted by atomic mass is 16.5. The molecule has 5 heteroatoms. The van der Waals surface area contributed by atoms with Gasteiger partial charge in [-0.15, -0.1) is 0 Å². The van der Waals surface area contributed by atoms with Gasteiger partial charge in [0.25, 0.3) is 0 Å². The zero-order chi connectivity index (χ0) is 13.7. The van der Waals surface area contributed by atoms with Gasteiger partial charge in [-0.2, -0.15) is 0 Å². The molecule has 0 radical (unpaired) electrons. The van der Waals surface area contributed by atoms with Crippen LogP contribution in [-0.2, 0) is 16.0 Å². The monoisotopic (exact) mass is 258 g/mol. The minimum absolute atomic E-state index is 0.126. The summed E-state index contributed by atoms with van der Waals surface area (Å²) in [6, 6.07) is 8.26. The molecule has 0 unspecified atom stereocenters. The number of nitrogens with zero attached hydrogens (tertiary/aromatic N) is 2. The van der Waals surface area contributed by atoms with E-state index in [0.717, 1.165) is 5.56 Å². The van der Waals surface area contributed by atoms with Crippen LogP contribution in [0.1, 0.15) is 12.6 Å². The summed E-state index contributed by atoms with van der Waals surface area (Å²) in [6.45, 7) is 2.12. The van der Waals surface area contributed by atoms with E-state index >= 15 is 0 Å². The van der Waals surface area contributed by atoms with Crippen LogP contribution in [0, 0.1) is 0 Å². The Bertz CT molecular complexity index is 567. The van der Waals surface area contributed by atoms with Crippen molar-refractivity contribution in [1.82, 2.24) is 9.97 Å². The first-order valence-corrected chi connectivity index (χ1v) is 5.96. The number of esters is 1. The molecule has 0 aliphatic rings. The van der Waals surface area contributed by atoms with Crippen LogP contribution in [0.2, 0.25) is 0 Å². The average Bonchev–Trinajstić information content (AvgIpc) is 2.40. The van der Waals surface area contributed by atoms with E-state index in [1.165, 1.54) is 0 Å². The zero-order valence-electron chi connectivity index (χ0n) is 10.5. The van der Waals surface area contributed by atoms with Crippen LogP contribution < -0.4 is 0 Å². The van der Waals surface area contributed by atoms with E-state index in [4.69, 9.17) is 4.74 Å². The van der Waals surface area contributed by atoms with Crippen molar-refractivity contribution < 1.29 is 14.6 Å². The van der Waals surface area contributed by atoms with Gasteiger partial charge in [-0.25, -0.2) is 9.97 Å². The molecule has 0 amide bonds. The standard InChI is InChI=1S/C14H14N2O3/c1-2-19-13(18)9-11-7-8-15-14(16-11)10-3-5-12(17)6-4-10/h3-8,17H,2,9H2,1H3. The molecule has 1 N–H and O–H groups in total. The maximum absolute atomic E-state index is 11.4. The molecular weight excluding hydrogens is 244 g/mol. The van der Waals surface area contributed by atoms with E-state index in [0.29, 0.717) is 18.1 Å². The van der Waals surface area contributed by atoms with E-state index in [9.17, 15) is 9.90 Å². The van der Waals surface area contributed by atoms with Crippen LogP contribution >= 0.6 is 0 Å². The molecule has 0 aliphatic carbocycles. The number of hydrogen-bond donors (Lipinski definition) is 1. The fourth-order valence-corrected chi connectivity index (χ4v) is 1.60. The Morgan fingerprint density at radius 1 is 1.26 bits per heavy atom. The van der Waals surface area contributed by atoms with Crippen molar-refractivity contribution in [1.29, 1.82) is 0 Å². The number of aromatic nitrogens is 2. The average molecular weight is 258 g/mol. The summed E-state index contributed by atoms with van der Waals surface area (Å²) >= 11 is 0. The van der Waals surface area contributed by atoms with Crippen LogP contribution in [0.4, 0.5) is 0 Å². The molecular formula is C14H14N2O3. The summed E-state index contributed by atoms with van der Waals surface area (Å²) in [5, 5.41) is 9.23. The van der Waals surface area contributed by atoms with Gasteiger partial charge in [-0.3, -0.25) is 4.79 Å². The van der Waals surface area contributed by atoms with Gasteiger partial charge in [0, 0.05) is 11.8 Å². The number of carbonyl (C=O) groups excluding carboxylic acids is 1. The Kier molecular flexibility index (Phi) is 4.07. The number of ether oxygens (including phenoxy) is 1. The number of phenolic OH excluding ortho intramolecular Hbond substituents is 1. The molecule has 0 saturated carbocycles. The van der Waals surface area contributed by atoms with Crippen molar-refractivity contribution in [3.63, 3.8) is 0 Å². The Balaban J connectivity index is 2.19. The van der Waals surface area contributed by atoms with Crippen LogP contribution in [0.25, 0.3) is 11.4 Å². The number of rotatable bonds is 4. The molecule has 0 bridgehead atoms. The van der Waals surface area contributed by atoms with E-state index in [2.05, 4.69) is 9.97 Å². The summed E-state index contributed by atoms with van der Waals surface area (Å²) in [7, 11) is 0. The molecule has 2 rings (SSSR count). The summed E-state index contributed by atoms with van der Waals surface area (Å²) in [5.41, 5.74) is 1.39. The highest BCUT2D eigenvalue weighted by Crippen LogP contribution is 2.18.